The molecule has 3 heterocycles. The van der Waals surface area contributed by atoms with Crippen molar-refractivity contribution in [1.29, 1.82) is 0 Å². The fourth-order valence-electron chi connectivity index (χ4n) is 2.91. The zero-order valence-electron chi connectivity index (χ0n) is 17.8. The summed E-state index contributed by atoms with van der Waals surface area (Å²) >= 11 is 0. The van der Waals surface area contributed by atoms with E-state index in [0.717, 1.165) is 33.4 Å². The van der Waals surface area contributed by atoms with E-state index in [4.69, 9.17) is 0 Å². The van der Waals surface area contributed by atoms with Crippen molar-refractivity contribution in [2.24, 2.45) is 0 Å². The van der Waals surface area contributed by atoms with Gasteiger partial charge < -0.3 is 9.88 Å². The number of hydrogen-bond donors (Lipinski definition) is 1. The standard InChI is InChI=1S/C18H18N4O.C7H8/c1-12(11-22(3)13(2)23)17-9-14(4-6-19-17)16-8-15-5-7-20-18(15)21-10-16;1-7-5-3-2-4-6-7/h4-11H,1-3H3,(H,20,21);2-6H,1H3/b12-11+;. The summed E-state index contributed by atoms with van der Waals surface area (Å²) in [5.41, 5.74) is 6.05. The second-order valence-electron chi connectivity index (χ2n) is 7.17. The molecule has 0 fully saturated rings. The molecule has 0 atom stereocenters. The van der Waals surface area contributed by atoms with E-state index in [2.05, 4.69) is 40.1 Å². The van der Waals surface area contributed by atoms with Gasteiger partial charge in [0.1, 0.15) is 5.65 Å². The van der Waals surface area contributed by atoms with E-state index < -0.39 is 0 Å². The molecule has 152 valence electrons. The lowest BCUT2D eigenvalue weighted by Gasteiger charge is -2.11. The van der Waals surface area contributed by atoms with Crippen LogP contribution in [0.15, 0.2) is 79.4 Å². The molecule has 5 nitrogen and oxygen atoms in total. The number of aromatic amines is 1. The van der Waals surface area contributed by atoms with Crippen molar-refractivity contribution in [1.82, 2.24) is 19.9 Å². The van der Waals surface area contributed by atoms with Crippen molar-refractivity contribution in [3.8, 4) is 11.1 Å². The van der Waals surface area contributed by atoms with E-state index >= 15 is 0 Å². The van der Waals surface area contributed by atoms with Crippen molar-refractivity contribution < 1.29 is 4.79 Å². The maximum atomic E-state index is 11.3. The Kier molecular flexibility index (Phi) is 6.75. The van der Waals surface area contributed by atoms with E-state index in [1.165, 1.54) is 12.5 Å². The Morgan fingerprint density at radius 2 is 1.77 bits per heavy atom. The first-order valence-electron chi connectivity index (χ1n) is 9.77. The fourth-order valence-corrected chi connectivity index (χ4v) is 2.91. The van der Waals surface area contributed by atoms with Crippen LogP contribution in [0.1, 0.15) is 25.1 Å². The topological polar surface area (TPSA) is 61.9 Å². The van der Waals surface area contributed by atoms with Gasteiger partial charge in [0.2, 0.25) is 5.91 Å². The summed E-state index contributed by atoms with van der Waals surface area (Å²) in [5, 5.41) is 1.07. The molecule has 1 amide bonds. The minimum atomic E-state index is -0.0115. The monoisotopic (exact) mass is 398 g/mol. The molecule has 0 saturated carbocycles. The maximum absolute atomic E-state index is 11.3. The Morgan fingerprint density at radius 3 is 2.43 bits per heavy atom. The van der Waals surface area contributed by atoms with Crippen molar-refractivity contribution in [3.05, 3.63) is 90.6 Å². The number of pyridine rings is 2. The molecule has 1 N–H and O–H groups in total. The number of nitrogens with zero attached hydrogens (tertiary/aromatic N) is 3. The van der Waals surface area contributed by atoms with Gasteiger partial charge in [0.25, 0.3) is 0 Å². The van der Waals surface area contributed by atoms with Crippen LogP contribution in [0.2, 0.25) is 0 Å². The quantitative estimate of drug-likeness (QED) is 0.498. The lowest BCUT2D eigenvalue weighted by molar-refractivity contribution is -0.125. The second-order valence-corrected chi connectivity index (χ2v) is 7.17. The van der Waals surface area contributed by atoms with Gasteiger partial charge in [0.15, 0.2) is 0 Å². The van der Waals surface area contributed by atoms with Crippen LogP contribution in [0.4, 0.5) is 0 Å². The highest BCUT2D eigenvalue weighted by Gasteiger charge is 2.06. The van der Waals surface area contributed by atoms with Crippen LogP contribution >= 0.6 is 0 Å². The number of rotatable bonds is 3. The molecule has 0 aliphatic carbocycles. The van der Waals surface area contributed by atoms with E-state index in [0.29, 0.717) is 0 Å². The van der Waals surface area contributed by atoms with Gasteiger partial charge in [-0.05, 0) is 49.2 Å². The number of fused-ring (bicyclic) bond motifs is 1. The van der Waals surface area contributed by atoms with E-state index in [1.54, 1.807) is 24.3 Å². The van der Waals surface area contributed by atoms with Gasteiger partial charge in [-0.15, -0.1) is 0 Å². The third-order valence-corrected chi connectivity index (χ3v) is 4.72. The molecule has 0 aliphatic heterocycles. The highest BCUT2D eigenvalue weighted by molar-refractivity contribution is 5.82. The summed E-state index contributed by atoms with van der Waals surface area (Å²) in [6.45, 7) is 5.56. The summed E-state index contributed by atoms with van der Waals surface area (Å²) in [4.78, 5) is 24.8. The highest BCUT2D eigenvalue weighted by atomic mass is 16.2. The van der Waals surface area contributed by atoms with Crippen LogP contribution in [0, 0.1) is 6.92 Å². The molecule has 4 rings (SSSR count). The largest absolute Gasteiger partial charge is 0.346 e. The number of amides is 1. The molecular formula is C25H26N4O. The summed E-state index contributed by atoms with van der Waals surface area (Å²) in [7, 11) is 1.74. The lowest BCUT2D eigenvalue weighted by atomic mass is 10.1. The number of carbonyl (C=O) groups excluding carboxylic acids is 1. The van der Waals surface area contributed by atoms with Gasteiger partial charge in [0, 0.05) is 49.7 Å². The third-order valence-electron chi connectivity index (χ3n) is 4.72. The average Bonchev–Trinajstić information content (AvgIpc) is 3.22. The first-order valence-corrected chi connectivity index (χ1v) is 9.77. The molecule has 0 radical (unpaired) electrons. The fraction of sp³-hybridized carbons (Fsp3) is 0.160. The zero-order chi connectivity index (χ0) is 21.5. The number of nitrogens with one attached hydrogen (secondary N) is 1. The summed E-state index contributed by atoms with van der Waals surface area (Å²) in [5.74, 6) is -0.0115. The summed E-state index contributed by atoms with van der Waals surface area (Å²) in [6.07, 6.45) is 7.29. The van der Waals surface area contributed by atoms with E-state index in [-0.39, 0.29) is 5.91 Å². The van der Waals surface area contributed by atoms with Gasteiger partial charge in [-0.2, -0.15) is 0 Å². The van der Waals surface area contributed by atoms with Gasteiger partial charge in [-0.25, -0.2) is 4.98 Å². The molecule has 0 saturated heterocycles. The van der Waals surface area contributed by atoms with Crippen LogP contribution in [0.25, 0.3) is 27.7 Å². The molecule has 0 unspecified atom stereocenters. The first kappa shape index (κ1) is 21.0. The molecule has 5 heteroatoms. The van der Waals surface area contributed by atoms with Gasteiger partial charge >= 0.3 is 0 Å². The number of carbonyl (C=O) groups is 1. The first-order chi connectivity index (χ1) is 14.4. The minimum absolute atomic E-state index is 0.0115. The predicted octanol–water partition coefficient (Wildman–Crippen LogP) is 5.46. The SMILES string of the molecule is CC(=O)N(C)/C=C(\C)c1cc(-c2cnc3[nH]ccc3c2)ccn1.Cc1ccccc1. The van der Waals surface area contributed by atoms with E-state index in [1.807, 2.05) is 55.7 Å². The average molecular weight is 399 g/mol. The Morgan fingerprint density at radius 1 is 1.00 bits per heavy atom. The van der Waals surface area contributed by atoms with Crippen molar-refractivity contribution in [3.63, 3.8) is 0 Å². The summed E-state index contributed by atoms with van der Waals surface area (Å²) < 4.78 is 0. The second kappa shape index (κ2) is 9.65. The molecular weight excluding hydrogens is 372 g/mol. The Labute approximate surface area is 177 Å². The van der Waals surface area contributed by atoms with Crippen LogP contribution in [0.5, 0.6) is 0 Å². The minimum Gasteiger partial charge on any atom is -0.346 e. The molecule has 3 aromatic heterocycles. The Bertz CT molecular complexity index is 1160. The molecule has 0 bridgehead atoms. The number of hydrogen-bond acceptors (Lipinski definition) is 3. The van der Waals surface area contributed by atoms with Gasteiger partial charge in [0.05, 0.1) is 5.69 Å². The normalized spacial score (nSPS) is 11.0. The number of aromatic nitrogens is 3. The predicted molar refractivity (Wildman–Crippen MR) is 123 cm³/mol. The van der Waals surface area contributed by atoms with Crippen LogP contribution in [0.3, 0.4) is 0 Å². The zero-order valence-corrected chi connectivity index (χ0v) is 17.8. The van der Waals surface area contributed by atoms with Crippen molar-refractivity contribution in [2.45, 2.75) is 20.8 Å². The molecule has 0 spiro atoms. The number of aryl methyl sites for hydroxylation is 1. The highest BCUT2D eigenvalue weighted by Crippen LogP contribution is 2.24. The van der Waals surface area contributed by atoms with Gasteiger partial charge in [-0.1, -0.05) is 35.9 Å². The summed E-state index contributed by atoms with van der Waals surface area (Å²) in [6, 6.07) is 18.3. The van der Waals surface area contributed by atoms with Gasteiger partial charge in [-0.3, -0.25) is 9.78 Å². The lowest BCUT2D eigenvalue weighted by Crippen LogP contribution is -2.17. The Balaban J connectivity index is 0.000000310. The Hall–Kier alpha value is -3.73. The molecule has 30 heavy (non-hydrogen) atoms. The molecule has 1 aromatic carbocycles. The number of H-pyrrole nitrogens is 1. The van der Waals surface area contributed by atoms with E-state index in [9.17, 15) is 4.79 Å². The maximum Gasteiger partial charge on any atom is 0.223 e. The van der Waals surface area contributed by atoms with Crippen LogP contribution in [-0.4, -0.2) is 32.8 Å². The molecule has 4 aromatic rings. The van der Waals surface area contributed by atoms with Crippen molar-refractivity contribution >= 4 is 22.5 Å². The van der Waals surface area contributed by atoms with Crippen molar-refractivity contribution in [2.75, 3.05) is 7.05 Å². The smallest absolute Gasteiger partial charge is 0.223 e. The third kappa shape index (κ3) is 5.41. The van der Waals surface area contributed by atoms with Crippen LogP contribution in [-0.2, 0) is 4.79 Å². The number of allylic oxidation sites excluding steroid dienone is 1. The van der Waals surface area contributed by atoms with Crippen LogP contribution < -0.4 is 0 Å². The number of benzene rings is 1. The molecule has 0 aliphatic rings.